The van der Waals surface area contributed by atoms with Crippen molar-refractivity contribution in [1.29, 1.82) is 0 Å². The van der Waals surface area contributed by atoms with E-state index < -0.39 is 0 Å². The van der Waals surface area contributed by atoms with Crippen molar-refractivity contribution < 1.29 is 4.42 Å². The van der Waals surface area contributed by atoms with Crippen molar-refractivity contribution in [2.45, 2.75) is 0 Å². The molecule has 0 aliphatic rings. The number of aromatic nitrogens is 5. The summed E-state index contributed by atoms with van der Waals surface area (Å²) < 4.78 is 10.9. The maximum Gasteiger partial charge on any atom is 0.227 e. The van der Waals surface area contributed by atoms with E-state index in [1.807, 2.05) is 60.7 Å². The number of hydrogen-bond acceptors (Lipinski definition) is 6. The summed E-state index contributed by atoms with van der Waals surface area (Å²) in [5, 5.41) is 4.46. The molecule has 0 fully saturated rings. The predicted octanol–water partition coefficient (Wildman–Crippen LogP) is 12.1. The van der Waals surface area contributed by atoms with Crippen molar-refractivity contribution in [3.05, 3.63) is 164 Å². The van der Waals surface area contributed by atoms with Gasteiger partial charge in [-0.3, -0.25) is 0 Å². The standard InChI is InChI=1S/C46H27N5OS/c1-3-13-28(14-4-1)43-48-44(29-25-26-37-34(27-29)31-17-7-9-21-36(31)51(37)30-15-5-2-6-16-30)50-45(49-43)32-18-11-23-39-41(32)42-33(19-12-24-40(42)53-39)46-47-35-20-8-10-22-38(35)52-46/h1-27H. The monoisotopic (exact) mass is 697 g/mol. The molecular weight excluding hydrogens is 671 g/mol. The first-order valence-electron chi connectivity index (χ1n) is 17.5. The van der Waals surface area contributed by atoms with Crippen molar-refractivity contribution in [2.75, 3.05) is 0 Å². The van der Waals surface area contributed by atoms with Gasteiger partial charge < -0.3 is 8.98 Å². The fraction of sp³-hybridized carbons (Fsp3) is 0. The van der Waals surface area contributed by atoms with Gasteiger partial charge in [-0.25, -0.2) is 19.9 Å². The Bertz CT molecular complexity index is 3150. The zero-order valence-electron chi connectivity index (χ0n) is 28.1. The molecule has 4 heterocycles. The minimum atomic E-state index is 0.593. The van der Waals surface area contributed by atoms with Crippen LogP contribution in [0.25, 0.3) is 104 Å². The van der Waals surface area contributed by atoms with Gasteiger partial charge in [0.15, 0.2) is 23.1 Å². The van der Waals surface area contributed by atoms with E-state index in [2.05, 4.69) is 108 Å². The summed E-state index contributed by atoms with van der Waals surface area (Å²) in [4.78, 5) is 20.4. The van der Waals surface area contributed by atoms with Crippen molar-refractivity contribution in [2.24, 2.45) is 0 Å². The smallest absolute Gasteiger partial charge is 0.227 e. The highest BCUT2D eigenvalue weighted by atomic mass is 32.1. The van der Waals surface area contributed by atoms with Gasteiger partial charge in [-0.15, -0.1) is 11.3 Å². The Kier molecular flexibility index (Phi) is 6.62. The van der Waals surface area contributed by atoms with Crippen LogP contribution < -0.4 is 0 Å². The van der Waals surface area contributed by atoms with Crippen LogP contribution in [0.3, 0.4) is 0 Å². The molecule has 6 nitrogen and oxygen atoms in total. The molecule has 0 spiro atoms. The van der Waals surface area contributed by atoms with Crippen LogP contribution in [-0.2, 0) is 0 Å². The van der Waals surface area contributed by atoms with Crippen LogP contribution in [0.15, 0.2) is 168 Å². The molecule has 0 radical (unpaired) electrons. The van der Waals surface area contributed by atoms with Gasteiger partial charge in [0.25, 0.3) is 0 Å². The van der Waals surface area contributed by atoms with E-state index in [1.54, 1.807) is 11.3 Å². The average molecular weight is 698 g/mol. The first-order chi connectivity index (χ1) is 26.3. The maximum absolute atomic E-state index is 6.33. The van der Waals surface area contributed by atoms with Gasteiger partial charge in [-0.1, -0.05) is 97.1 Å². The number of hydrogen-bond donors (Lipinski definition) is 0. The fourth-order valence-corrected chi connectivity index (χ4v) is 8.69. The van der Waals surface area contributed by atoms with Crippen LogP contribution >= 0.6 is 11.3 Å². The molecule has 0 N–H and O–H groups in total. The number of nitrogens with zero attached hydrogens (tertiary/aromatic N) is 5. The van der Waals surface area contributed by atoms with Crippen LogP contribution in [0.5, 0.6) is 0 Å². The molecule has 7 heteroatoms. The quantitative estimate of drug-likeness (QED) is 0.179. The van der Waals surface area contributed by atoms with Crippen LogP contribution in [0.2, 0.25) is 0 Å². The van der Waals surface area contributed by atoms with Crippen LogP contribution in [0.1, 0.15) is 0 Å². The molecule has 7 aromatic carbocycles. The first kappa shape index (κ1) is 29.7. The van der Waals surface area contributed by atoms with Crippen LogP contribution in [0, 0.1) is 0 Å². The second kappa shape index (κ2) is 11.8. The lowest BCUT2D eigenvalue weighted by Gasteiger charge is -2.11. The summed E-state index contributed by atoms with van der Waals surface area (Å²) in [6.45, 7) is 0. The third-order valence-electron chi connectivity index (χ3n) is 9.90. The van der Waals surface area contributed by atoms with Crippen molar-refractivity contribution in [3.8, 4) is 51.3 Å². The highest BCUT2D eigenvalue weighted by Gasteiger charge is 2.21. The lowest BCUT2D eigenvalue weighted by molar-refractivity contribution is 0.620. The van der Waals surface area contributed by atoms with E-state index in [4.69, 9.17) is 24.4 Å². The van der Waals surface area contributed by atoms with Gasteiger partial charge in [0, 0.05) is 58.9 Å². The molecule has 11 rings (SSSR count). The first-order valence-corrected chi connectivity index (χ1v) is 18.3. The average Bonchev–Trinajstić information content (AvgIpc) is 3.93. The molecule has 0 aliphatic carbocycles. The summed E-state index contributed by atoms with van der Waals surface area (Å²) in [5.74, 6) is 2.44. The number of thiophene rings is 1. The summed E-state index contributed by atoms with van der Waals surface area (Å²) in [6, 6.07) is 56.3. The minimum absolute atomic E-state index is 0.593. The molecule has 53 heavy (non-hydrogen) atoms. The Morgan fingerprint density at radius 3 is 1.91 bits per heavy atom. The van der Waals surface area contributed by atoms with E-state index in [1.165, 1.54) is 5.39 Å². The molecule has 0 saturated heterocycles. The molecular formula is C46H27N5OS. The number of oxazole rings is 1. The van der Waals surface area contributed by atoms with Gasteiger partial charge >= 0.3 is 0 Å². The molecule has 0 unspecified atom stereocenters. The number of fused-ring (bicyclic) bond motifs is 7. The Morgan fingerprint density at radius 1 is 0.453 bits per heavy atom. The summed E-state index contributed by atoms with van der Waals surface area (Å²) in [7, 11) is 0. The molecule has 0 aliphatic heterocycles. The Hall–Kier alpha value is -6.96. The summed E-state index contributed by atoms with van der Waals surface area (Å²) >= 11 is 1.75. The maximum atomic E-state index is 6.33. The molecule has 11 aromatic rings. The summed E-state index contributed by atoms with van der Waals surface area (Å²) in [6.07, 6.45) is 0. The topological polar surface area (TPSA) is 69.6 Å². The number of rotatable bonds is 5. The van der Waals surface area contributed by atoms with E-state index in [9.17, 15) is 0 Å². The molecule has 0 atom stereocenters. The van der Waals surface area contributed by atoms with Crippen molar-refractivity contribution in [3.63, 3.8) is 0 Å². The third-order valence-corrected chi connectivity index (χ3v) is 11.0. The van der Waals surface area contributed by atoms with Crippen LogP contribution in [0.4, 0.5) is 0 Å². The largest absolute Gasteiger partial charge is 0.436 e. The highest BCUT2D eigenvalue weighted by Crippen LogP contribution is 2.44. The van der Waals surface area contributed by atoms with Gasteiger partial charge in [-0.05, 0) is 66.7 Å². The normalized spacial score (nSPS) is 11.8. The molecule has 248 valence electrons. The van der Waals surface area contributed by atoms with E-state index in [0.29, 0.717) is 23.4 Å². The second-order valence-electron chi connectivity index (χ2n) is 13.0. The Balaban J connectivity index is 1.15. The second-order valence-corrected chi connectivity index (χ2v) is 14.1. The number of para-hydroxylation sites is 4. The Labute approximate surface area is 307 Å². The zero-order chi connectivity index (χ0) is 34.9. The lowest BCUT2D eigenvalue weighted by Crippen LogP contribution is -2.00. The molecule has 0 amide bonds. The van der Waals surface area contributed by atoms with Gasteiger partial charge in [0.1, 0.15) is 5.52 Å². The lowest BCUT2D eigenvalue weighted by atomic mass is 10.0. The van der Waals surface area contributed by atoms with E-state index in [0.717, 1.165) is 75.6 Å². The molecule has 0 saturated carbocycles. The van der Waals surface area contributed by atoms with Crippen molar-refractivity contribution in [1.82, 2.24) is 24.5 Å². The van der Waals surface area contributed by atoms with Crippen LogP contribution in [-0.4, -0.2) is 24.5 Å². The van der Waals surface area contributed by atoms with Gasteiger partial charge in [0.2, 0.25) is 5.89 Å². The highest BCUT2D eigenvalue weighted by molar-refractivity contribution is 7.26. The molecule has 4 aromatic heterocycles. The zero-order valence-corrected chi connectivity index (χ0v) is 29.0. The SMILES string of the molecule is c1ccc(-c2nc(-c3ccc4c(c3)c3ccccc3n4-c3ccccc3)nc(-c3cccc4sc5cccc(-c6nc7ccccc7o6)c5c34)n2)cc1. The van der Waals surface area contributed by atoms with Gasteiger partial charge in [-0.2, -0.15) is 0 Å². The van der Waals surface area contributed by atoms with Crippen molar-refractivity contribution >= 4 is 64.4 Å². The minimum Gasteiger partial charge on any atom is -0.436 e. The molecule has 0 bridgehead atoms. The number of benzene rings is 7. The fourth-order valence-electron chi connectivity index (χ4n) is 7.53. The van der Waals surface area contributed by atoms with E-state index in [-0.39, 0.29) is 0 Å². The predicted molar refractivity (Wildman–Crippen MR) is 216 cm³/mol. The summed E-state index contributed by atoms with van der Waals surface area (Å²) in [5.41, 5.74) is 8.70. The Morgan fingerprint density at radius 2 is 1.09 bits per heavy atom. The van der Waals surface area contributed by atoms with Gasteiger partial charge in [0.05, 0.1) is 11.0 Å². The third kappa shape index (κ3) is 4.79. The van der Waals surface area contributed by atoms with E-state index >= 15 is 0 Å².